The average molecular weight is 473 g/mol. The third-order valence-corrected chi connectivity index (χ3v) is 7.83. The lowest BCUT2D eigenvalue weighted by Crippen LogP contribution is -2.55. The number of amides is 1. The first kappa shape index (κ1) is 20.1. The second kappa shape index (κ2) is 7.00. The van der Waals surface area contributed by atoms with E-state index >= 15 is 0 Å². The maximum atomic E-state index is 13.5. The van der Waals surface area contributed by atoms with Gasteiger partial charge in [-0.25, -0.2) is 0 Å². The Morgan fingerprint density at radius 2 is 2.03 bits per heavy atom. The molecule has 32 heavy (non-hydrogen) atoms. The fourth-order valence-electron chi connectivity index (χ4n) is 5.47. The summed E-state index contributed by atoms with van der Waals surface area (Å²) in [6, 6.07) is 4.29. The van der Waals surface area contributed by atoms with Crippen LogP contribution in [-0.4, -0.2) is 68.2 Å². The molecule has 4 aliphatic rings. The standard InChI is InChI=1S/C21H22Cl2N8O/c1-3-30-18(23)14-12(28-30)6-5-10(16(14)22)17-15-19(27-26-17)25-21(29(2)20(15)32)31-9-4-7-13(31)11(24)8-9/h5-6,9,11,13,15H,3-4,7-8,24H2,1-2H3/t9-,11+,13+,15?/m0/s1. The molecule has 0 saturated carbocycles. The van der Waals surface area contributed by atoms with Crippen molar-refractivity contribution in [2.24, 2.45) is 26.8 Å². The fraction of sp³-hybridized carbons (Fsp3) is 0.476. The van der Waals surface area contributed by atoms with Crippen molar-refractivity contribution in [2.45, 2.75) is 50.9 Å². The van der Waals surface area contributed by atoms with Crippen molar-refractivity contribution >= 4 is 57.5 Å². The number of aromatic nitrogens is 2. The molecular weight excluding hydrogens is 451 g/mol. The van der Waals surface area contributed by atoms with Gasteiger partial charge in [0.25, 0.3) is 0 Å². The van der Waals surface area contributed by atoms with Gasteiger partial charge in [-0.05, 0) is 38.3 Å². The summed E-state index contributed by atoms with van der Waals surface area (Å²) in [4.78, 5) is 22.1. The molecule has 11 heteroatoms. The number of nitrogens with two attached hydrogens (primary N) is 1. The van der Waals surface area contributed by atoms with Crippen LogP contribution in [0.25, 0.3) is 10.9 Å². The Balaban J connectivity index is 1.39. The number of guanidine groups is 1. The number of nitrogens with zero attached hydrogens (tertiary/aromatic N) is 7. The van der Waals surface area contributed by atoms with Crippen LogP contribution >= 0.6 is 23.2 Å². The quantitative estimate of drug-likeness (QED) is 0.724. The molecule has 2 fully saturated rings. The number of aryl methyl sites for hydroxylation is 1. The Morgan fingerprint density at radius 1 is 1.22 bits per heavy atom. The monoisotopic (exact) mass is 472 g/mol. The van der Waals surface area contributed by atoms with E-state index < -0.39 is 5.92 Å². The summed E-state index contributed by atoms with van der Waals surface area (Å²) >= 11 is 13.3. The molecule has 6 rings (SSSR count). The number of benzene rings is 1. The van der Waals surface area contributed by atoms with Crippen LogP contribution in [0.4, 0.5) is 0 Å². The highest BCUT2D eigenvalue weighted by Crippen LogP contribution is 2.40. The fourth-order valence-corrected chi connectivity index (χ4v) is 6.21. The van der Waals surface area contributed by atoms with Crippen molar-refractivity contribution in [2.75, 3.05) is 7.05 Å². The Labute approximate surface area is 194 Å². The Kier molecular flexibility index (Phi) is 4.41. The maximum absolute atomic E-state index is 13.5. The third-order valence-electron chi connectivity index (χ3n) is 7.06. The topological polar surface area (TPSA) is 104 Å². The SMILES string of the molecule is CCn1nc2ccc(C3=NN=C4N=C(N5[C@H]6CC[C@@H]5[C@H](N)C6)N(C)C(=O)C43)c(Cl)c2c1Cl. The normalized spacial score (nSPS) is 29.0. The minimum Gasteiger partial charge on any atom is -0.335 e. The van der Waals surface area contributed by atoms with Crippen LogP contribution in [0.3, 0.4) is 0 Å². The lowest BCUT2D eigenvalue weighted by molar-refractivity contribution is -0.127. The number of aliphatic imine (C=N–C) groups is 1. The van der Waals surface area contributed by atoms with Gasteiger partial charge < -0.3 is 10.6 Å². The van der Waals surface area contributed by atoms with Crippen molar-refractivity contribution < 1.29 is 4.79 Å². The number of rotatable bonds is 2. The van der Waals surface area contributed by atoms with Crippen LogP contribution in [0.2, 0.25) is 10.2 Å². The summed E-state index contributed by atoms with van der Waals surface area (Å²) in [5, 5.41) is 14.6. The summed E-state index contributed by atoms with van der Waals surface area (Å²) in [5.74, 6) is 0.184. The largest absolute Gasteiger partial charge is 0.335 e. The van der Waals surface area contributed by atoms with Crippen molar-refractivity contribution in [1.29, 1.82) is 0 Å². The van der Waals surface area contributed by atoms with E-state index in [2.05, 4.69) is 20.2 Å². The van der Waals surface area contributed by atoms with E-state index in [1.165, 1.54) is 0 Å². The number of carbonyl (C=O) groups excluding carboxylic acids is 1. The first-order chi connectivity index (χ1) is 15.4. The second-order valence-electron chi connectivity index (χ2n) is 8.72. The van der Waals surface area contributed by atoms with E-state index in [4.69, 9.17) is 33.9 Å². The molecule has 1 amide bonds. The van der Waals surface area contributed by atoms with Crippen molar-refractivity contribution in [3.63, 3.8) is 0 Å². The summed E-state index contributed by atoms with van der Waals surface area (Å²) in [7, 11) is 1.75. The van der Waals surface area contributed by atoms with Crippen molar-refractivity contribution in [1.82, 2.24) is 19.6 Å². The van der Waals surface area contributed by atoms with Crippen LogP contribution in [0.1, 0.15) is 31.7 Å². The van der Waals surface area contributed by atoms with Gasteiger partial charge in [0.2, 0.25) is 11.9 Å². The molecule has 0 radical (unpaired) electrons. The van der Waals surface area contributed by atoms with Gasteiger partial charge in [-0.15, -0.1) is 5.10 Å². The van der Waals surface area contributed by atoms with Gasteiger partial charge in [-0.3, -0.25) is 14.4 Å². The number of amidine groups is 1. The minimum absolute atomic E-state index is 0.106. The van der Waals surface area contributed by atoms with Gasteiger partial charge in [-0.2, -0.15) is 15.2 Å². The molecular formula is C21H22Cl2N8O. The van der Waals surface area contributed by atoms with Gasteiger partial charge >= 0.3 is 0 Å². The molecule has 0 aliphatic carbocycles. The van der Waals surface area contributed by atoms with Crippen LogP contribution in [0.5, 0.6) is 0 Å². The Morgan fingerprint density at radius 3 is 2.72 bits per heavy atom. The molecule has 2 aromatic rings. The van der Waals surface area contributed by atoms with E-state index in [1.807, 2.05) is 19.1 Å². The van der Waals surface area contributed by atoms with E-state index in [9.17, 15) is 4.79 Å². The number of hydrogen-bond donors (Lipinski definition) is 1. The number of fused-ring (bicyclic) bond motifs is 4. The molecule has 166 valence electrons. The van der Waals surface area contributed by atoms with E-state index in [0.717, 1.165) is 19.3 Å². The van der Waals surface area contributed by atoms with Crippen LogP contribution in [0, 0.1) is 5.92 Å². The molecule has 2 N–H and O–H groups in total. The van der Waals surface area contributed by atoms with E-state index in [-0.39, 0.29) is 18.0 Å². The predicted molar refractivity (Wildman–Crippen MR) is 124 cm³/mol. The zero-order valence-electron chi connectivity index (χ0n) is 17.7. The van der Waals surface area contributed by atoms with Gasteiger partial charge in [0, 0.05) is 37.3 Å². The van der Waals surface area contributed by atoms with E-state index in [1.54, 1.807) is 16.6 Å². The predicted octanol–water partition coefficient (Wildman–Crippen LogP) is 2.49. The second-order valence-corrected chi connectivity index (χ2v) is 9.45. The van der Waals surface area contributed by atoms with Crippen LogP contribution in [0.15, 0.2) is 27.3 Å². The van der Waals surface area contributed by atoms with Gasteiger partial charge in [-0.1, -0.05) is 23.2 Å². The lowest BCUT2D eigenvalue weighted by Gasteiger charge is -2.35. The molecule has 4 atom stereocenters. The molecule has 0 spiro atoms. The minimum atomic E-state index is -0.701. The number of hydrogen-bond acceptors (Lipinski definition) is 7. The highest BCUT2D eigenvalue weighted by Gasteiger charge is 2.51. The molecule has 1 aromatic carbocycles. The first-order valence-corrected chi connectivity index (χ1v) is 11.6. The van der Waals surface area contributed by atoms with Crippen molar-refractivity contribution in [3.8, 4) is 0 Å². The molecule has 2 saturated heterocycles. The Bertz CT molecular complexity index is 1260. The highest BCUT2D eigenvalue weighted by atomic mass is 35.5. The summed E-state index contributed by atoms with van der Waals surface area (Å²) in [6.07, 6.45) is 3.01. The molecule has 1 aromatic heterocycles. The Hall–Kier alpha value is -2.49. The summed E-state index contributed by atoms with van der Waals surface area (Å²) in [5.41, 5.74) is 8.09. The lowest BCUT2D eigenvalue weighted by atomic mass is 9.93. The molecule has 4 aliphatic heterocycles. The molecule has 1 unspecified atom stereocenters. The maximum Gasteiger partial charge on any atom is 0.246 e. The van der Waals surface area contributed by atoms with Gasteiger partial charge in [0.15, 0.2) is 5.84 Å². The molecule has 9 nitrogen and oxygen atoms in total. The zero-order chi connectivity index (χ0) is 22.3. The summed E-state index contributed by atoms with van der Waals surface area (Å²) in [6.45, 7) is 2.58. The van der Waals surface area contributed by atoms with E-state index in [0.29, 0.717) is 56.7 Å². The van der Waals surface area contributed by atoms with Crippen LogP contribution in [-0.2, 0) is 11.3 Å². The smallest absolute Gasteiger partial charge is 0.246 e. The third kappa shape index (κ3) is 2.58. The first-order valence-electron chi connectivity index (χ1n) is 10.8. The van der Waals surface area contributed by atoms with Gasteiger partial charge in [0.05, 0.1) is 21.6 Å². The number of halogens is 2. The molecule has 5 heterocycles. The zero-order valence-corrected chi connectivity index (χ0v) is 19.2. The average Bonchev–Trinajstić information content (AvgIpc) is 3.52. The van der Waals surface area contributed by atoms with Gasteiger partial charge in [0.1, 0.15) is 11.1 Å². The summed E-state index contributed by atoms with van der Waals surface area (Å²) < 4.78 is 1.69. The van der Waals surface area contributed by atoms with Crippen molar-refractivity contribution in [3.05, 3.63) is 27.9 Å². The molecule has 2 bridgehead atoms. The number of carbonyl (C=O) groups is 1. The van der Waals surface area contributed by atoms with Crippen LogP contribution < -0.4 is 5.73 Å². The highest BCUT2D eigenvalue weighted by molar-refractivity contribution is 6.45.